The van der Waals surface area contributed by atoms with Gasteiger partial charge in [-0.2, -0.15) is 25.3 Å². The molecule has 4 aromatic rings. The van der Waals surface area contributed by atoms with Crippen LogP contribution in [0.4, 0.5) is 32.8 Å². The summed E-state index contributed by atoms with van der Waals surface area (Å²) in [5.74, 6) is -1.88. The van der Waals surface area contributed by atoms with Crippen molar-refractivity contribution in [2.24, 2.45) is 20.5 Å². The summed E-state index contributed by atoms with van der Waals surface area (Å²) in [5.41, 5.74) is -1.38. The first-order valence-electron chi connectivity index (χ1n) is 11.6. The highest BCUT2D eigenvalue weighted by Crippen LogP contribution is 2.46. The summed E-state index contributed by atoms with van der Waals surface area (Å²) in [4.78, 5) is -2.48. The number of hydrogen-bond donors (Lipinski definition) is 5. The van der Waals surface area contributed by atoms with Crippen molar-refractivity contribution in [1.82, 2.24) is 0 Å². The fourth-order valence-electron chi connectivity index (χ4n) is 3.91. The van der Waals surface area contributed by atoms with Crippen LogP contribution in [0.25, 0.3) is 10.8 Å². The van der Waals surface area contributed by atoms with E-state index >= 15 is 0 Å². The van der Waals surface area contributed by atoms with E-state index in [4.69, 9.17) is 0 Å². The minimum Gasteiger partial charge on any atom is -0.505 e. The maximum Gasteiger partial charge on any atom is 0.296 e. The smallest absolute Gasteiger partial charge is 0.296 e. The van der Waals surface area contributed by atoms with Crippen molar-refractivity contribution in [2.75, 3.05) is 12.4 Å². The molecule has 4 aromatic carbocycles. The molecular formula is C24H20FN5O10S3. The molecule has 4 rings (SSSR count). The average Bonchev–Trinajstić information content (AvgIpc) is 2.89. The maximum absolute atomic E-state index is 13.8. The number of azo groups is 2. The third kappa shape index (κ3) is 6.66. The summed E-state index contributed by atoms with van der Waals surface area (Å²) in [5, 5.41) is 28.5. The molecule has 0 radical (unpaired) electrons. The molecule has 0 aliphatic rings. The molecule has 0 spiro atoms. The number of fused-ring (bicyclic) bond motifs is 1. The Morgan fingerprint density at radius 2 is 1.26 bits per heavy atom. The number of nitrogens with zero attached hydrogens (tertiary/aromatic N) is 4. The zero-order valence-electron chi connectivity index (χ0n) is 21.8. The Morgan fingerprint density at radius 3 is 1.86 bits per heavy atom. The van der Waals surface area contributed by atoms with E-state index in [1.165, 1.54) is 31.3 Å². The number of anilines is 1. The van der Waals surface area contributed by atoms with Gasteiger partial charge in [0.2, 0.25) is 0 Å². The molecule has 43 heavy (non-hydrogen) atoms. The van der Waals surface area contributed by atoms with E-state index in [9.17, 15) is 48.4 Å². The average molecular weight is 654 g/mol. The van der Waals surface area contributed by atoms with E-state index in [0.717, 1.165) is 12.1 Å². The standard InChI is InChI=1S/C24H20FN5O10S3/c1-12-3-6-16(20(9-12)42(35,36)37)27-29-22-15-11-21(43(38,39)40)23(24(31)14(15)5-7-17(22)26-2)30-28-18-10-13(25)4-8-19(18)41(32,33)34/h3-11,26,31H,1-2H3,(H,32,33,34)(H,35,36,37)(H,38,39,40). The Labute approximate surface area is 243 Å². The van der Waals surface area contributed by atoms with Crippen LogP contribution in [0.15, 0.2) is 89.7 Å². The number of nitrogens with one attached hydrogen (secondary N) is 1. The number of aryl methyl sites for hydroxylation is 1. The number of phenols is 1. The first kappa shape index (κ1) is 31.5. The van der Waals surface area contributed by atoms with Crippen LogP contribution in [0.5, 0.6) is 5.75 Å². The summed E-state index contributed by atoms with van der Waals surface area (Å²) >= 11 is 0. The van der Waals surface area contributed by atoms with Gasteiger partial charge >= 0.3 is 0 Å². The van der Waals surface area contributed by atoms with Crippen molar-refractivity contribution < 1.29 is 48.4 Å². The molecule has 0 unspecified atom stereocenters. The van der Waals surface area contributed by atoms with Crippen molar-refractivity contribution in [2.45, 2.75) is 21.6 Å². The Kier molecular flexibility index (Phi) is 8.33. The second kappa shape index (κ2) is 11.4. The Hall–Kier alpha value is -4.40. The fourth-order valence-corrected chi connectivity index (χ4v) is 5.87. The monoisotopic (exact) mass is 653 g/mol. The molecule has 0 heterocycles. The Bertz CT molecular complexity index is 2190. The highest BCUT2D eigenvalue weighted by Gasteiger charge is 2.25. The molecule has 0 aliphatic heterocycles. The van der Waals surface area contributed by atoms with Crippen LogP contribution in [0.1, 0.15) is 5.56 Å². The molecule has 0 atom stereocenters. The summed E-state index contributed by atoms with van der Waals surface area (Å²) in [7, 11) is -13.4. The predicted octanol–water partition coefficient (Wildman–Crippen LogP) is 5.61. The van der Waals surface area contributed by atoms with Gasteiger partial charge in [0.05, 0.1) is 5.69 Å². The second-order valence-corrected chi connectivity index (χ2v) is 13.0. The van der Waals surface area contributed by atoms with Crippen molar-refractivity contribution in [3.63, 3.8) is 0 Å². The minimum absolute atomic E-state index is 0.137. The predicted molar refractivity (Wildman–Crippen MR) is 151 cm³/mol. The lowest BCUT2D eigenvalue weighted by molar-refractivity contribution is 0.472. The van der Waals surface area contributed by atoms with Crippen molar-refractivity contribution >= 4 is 69.6 Å². The first-order valence-corrected chi connectivity index (χ1v) is 15.9. The molecule has 0 aromatic heterocycles. The fraction of sp³-hybridized carbons (Fsp3) is 0.0833. The molecule has 19 heteroatoms. The number of halogens is 1. The van der Waals surface area contributed by atoms with Crippen LogP contribution >= 0.6 is 0 Å². The molecule has 0 bridgehead atoms. The normalized spacial score (nSPS) is 12.9. The van der Waals surface area contributed by atoms with Crippen LogP contribution < -0.4 is 5.32 Å². The molecular weight excluding hydrogens is 633 g/mol. The lowest BCUT2D eigenvalue weighted by atomic mass is 10.1. The van der Waals surface area contributed by atoms with E-state index in [-0.39, 0.29) is 27.8 Å². The second-order valence-electron chi connectivity index (χ2n) is 8.79. The molecule has 226 valence electrons. The Morgan fingerprint density at radius 1 is 0.651 bits per heavy atom. The van der Waals surface area contributed by atoms with Crippen molar-refractivity contribution in [1.29, 1.82) is 0 Å². The van der Waals surface area contributed by atoms with Crippen LogP contribution in [0.3, 0.4) is 0 Å². The SMILES string of the molecule is CNc1ccc2c(O)c(N=Nc3cc(F)ccc3S(=O)(=O)O)c(S(=O)(=O)O)cc2c1N=Nc1ccc(C)cc1S(=O)(=O)O. The lowest BCUT2D eigenvalue weighted by Crippen LogP contribution is -2.00. The molecule has 0 saturated carbocycles. The number of aromatic hydroxyl groups is 1. The van der Waals surface area contributed by atoms with Crippen LogP contribution in [-0.4, -0.2) is 51.1 Å². The summed E-state index contributed by atoms with van der Waals surface area (Å²) in [6, 6.07) is 9.39. The quantitative estimate of drug-likeness (QED) is 0.116. The largest absolute Gasteiger partial charge is 0.505 e. The van der Waals surface area contributed by atoms with Gasteiger partial charge in [-0.1, -0.05) is 6.07 Å². The number of rotatable bonds is 8. The van der Waals surface area contributed by atoms with Gasteiger partial charge in [-0.3, -0.25) is 13.7 Å². The molecule has 0 aliphatic carbocycles. The molecule has 5 N–H and O–H groups in total. The van der Waals surface area contributed by atoms with E-state index in [0.29, 0.717) is 23.8 Å². The van der Waals surface area contributed by atoms with Crippen molar-refractivity contribution in [3.05, 3.63) is 66.0 Å². The van der Waals surface area contributed by atoms with Gasteiger partial charge < -0.3 is 10.4 Å². The van der Waals surface area contributed by atoms with Crippen LogP contribution in [0.2, 0.25) is 0 Å². The van der Waals surface area contributed by atoms with Gasteiger partial charge in [-0.15, -0.1) is 20.5 Å². The van der Waals surface area contributed by atoms with Gasteiger partial charge in [0.15, 0.2) is 5.75 Å². The maximum atomic E-state index is 13.8. The van der Waals surface area contributed by atoms with E-state index in [2.05, 4.69) is 25.8 Å². The van der Waals surface area contributed by atoms with Gasteiger partial charge in [-0.05, 0) is 55.0 Å². The molecule has 0 amide bonds. The van der Waals surface area contributed by atoms with Gasteiger partial charge in [-0.25, -0.2) is 4.39 Å². The highest BCUT2D eigenvalue weighted by atomic mass is 32.2. The zero-order valence-corrected chi connectivity index (χ0v) is 24.3. The van der Waals surface area contributed by atoms with Crippen LogP contribution in [0, 0.1) is 12.7 Å². The molecule has 0 fully saturated rings. The number of hydrogen-bond acceptors (Lipinski definition) is 12. The highest BCUT2D eigenvalue weighted by molar-refractivity contribution is 7.86. The third-order valence-corrected chi connectivity index (χ3v) is 8.51. The lowest BCUT2D eigenvalue weighted by Gasteiger charge is -2.13. The van der Waals surface area contributed by atoms with E-state index in [1.807, 2.05) is 0 Å². The topological polar surface area (TPSA) is 245 Å². The number of phenolic OH excluding ortho intramolecular Hbond substituents is 1. The van der Waals surface area contributed by atoms with Crippen molar-refractivity contribution in [3.8, 4) is 5.75 Å². The Balaban J connectivity index is 2.00. The summed E-state index contributed by atoms with van der Waals surface area (Å²) in [6.45, 7) is 1.58. The first-order chi connectivity index (χ1) is 19.9. The minimum atomic E-state index is -5.19. The molecule has 0 saturated heterocycles. The van der Waals surface area contributed by atoms with E-state index in [1.54, 1.807) is 6.92 Å². The van der Waals surface area contributed by atoms with Gasteiger partial charge in [0, 0.05) is 23.9 Å². The van der Waals surface area contributed by atoms with Gasteiger partial charge in [0.1, 0.15) is 43.3 Å². The van der Waals surface area contributed by atoms with E-state index < -0.39 is 68.0 Å². The van der Waals surface area contributed by atoms with Crippen LogP contribution in [-0.2, 0) is 30.4 Å². The molecule has 15 nitrogen and oxygen atoms in total. The zero-order chi connectivity index (χ0) is 31.9. The summed E-state index contributed by atoms with van der Waals surface area (Å²) in [6.07, 6.45) is 0. The third-order valence-electron chi connectivity index (χ3n) is 5.86. The number of benzene rings is 4. The van der Waals surface area contributed by atoms with Gasteiger partial charge in [0.25, 0.3) is 30.4 Å². The summed E-state index contributed by atoms with van der Waals surface area (Å²) < 4.78 is 115.